The fourth-order valence-corrected chi connectivity index (χ4v) is 3.87. The Morgan fingerprint density at radius 2 is 1.85 bits per heavy atom. The molecular formula is C18H15BrN4O3S. The molecule has 0 atom stereocenters. The van der Waals surface area contributed by atoms with Gasteiger partial charge in [-0.2, -0.15) is 9.78 Å². The predicted molar refractivity (Wildman–Crippen MR) is 107 cm³/mol. The van der Waals surface area contributed by atoms with E-state index in [4.69, 9.17) is 14.6 Å². The van der Waals surface area contributed by atoms with Gasteiger partial charge in [-0.05, 0) is 29.8 Å². The van der Waals surface area contributed by atoms with Gasteiger partial charge in [0, 0.05) is 15.8 Å². The molecule has 0 unspecified atom stereocenters. The number of aromatic hydroxyl groups is 1. The van der Waals surface area contributed by atoms with Crippen LogP contribution in [0.5, 0.6) is 17.2 Å². The molecule has 0 spiro atoms. The van der Waals surface area contributed by atoms with E-state index in [0.29, 0.717) is 28.0 Å². The van der Waals surface area contributed by atoms with Crippen LogP contribution in [0.15, 0.2) is 51.1 Å². The highest BCUT2D eigenvalue weighted by Gasteiger charge is 2.23. The van der Waals surface area contributed by atoms with Crippen LogP contribution in [0.3, 0.4) is 0 Å². The molecule has 2 heterocycles. The molecule has 1 N–H and O–H groups in total. The number of fused-ring (bicyclic) bond motifs is 1. The van der Waals surface area contributed by atoms with E-state index in [1.165, 1.54) is 14.2 Å². The zero-order valence-corrected chi connectivity index (χ0v) is 16.9. The van der Waals surface area contributed by atoms with Gasteiger partial charge in [0.05, 0.1) is 19.9 Å². The summed E-state index contributed by atoms with van der Waals surface area (Å²) in [5, 5.41) is 24.1. The molecule has 7 nitrogen and oxygen atoms in total. The zero-order chi connectivity index (χ0) is 19.0. The van der Waals surface area contributed by atoms with Crippen molar-refractivity contribution in [3.8, 4) is 28.6 Å². The van der Waals surface area contributed by atoms with Crippen molar-refractivity contribution in [3.63, 3.8) is 0 Å². The largest absolute Gasteiger partial charge is 0.504 e. The topological polar surface area (TPSA) is 81.8 Å². The maximum absolute atomic E-state index is 10.3. The number of hydrogen-bond donors (Lipinski definition) is 1. The van der Waals surface area contributed by atoms with Gasteiger partial charge in [-0.25, -0.2) is 0 Å². The lowest BCUT2D eigenvalue weighted by Gasteiger charge is -2.15. The minimum absolute atomic E-state index is 0.0372. The summed E-state index contributed by atoms with van der Waals surface area (Å²) < 4.78 is 13.2. The highest BCUT2D eigenvalue weighted by Crippen LogP contribution is 2.41. The molecule has 0 fully saturated rings. The molecule has 0 amide bonds. The number of phenols is 1. The normalized spacial score (nSPS) is 13.1. The van der Waals surface area contributed by atoms with Gasteiger partial charge in [0.1, 0.15) is 0 Å². The van der Waals surface area contributed by atoms with Crippen molar-refractivity contribution in [1.82, 2.24) is 14.9 Å². The molecule has 0 saturated carbocycles. The molecule has 1 aromatic heterocycles. The first-order chi connectivity index (χ1) is 13.1. The first-order valence-corrected chi connectivity index (χ1v) is 9.76. The van der Waals surface area contributed by atoms with Gasteiger partial charge < -0.3 is 14.6 Å². The van der Waals surface area contributed by atoms with Crippen LogP contribution in [0.25, 0.3) is 11.4 Å². The molecule has 0 aliphatic carbocycles. The van der Waals surface area contributed by atoms with Crippen LogP contribution >= 0.6 is 27.7 Å². The van der Waals surface area contributed by atoms with Crippen LogP contribution in [0.4, 0.5) is 0 Å². The summed E-state index contributed by atoms with van der Waals surface area (Å²) in [5.41, 5.74) is 2.59. The maximum atomic E-state index is 10.3. The van der Waals surface area contributed by atoms with E-state index in [0.717, 1.165) is 15.7 Å². The molecule has 0 radical (unpaired) electrons. The predicted octanol–water partition coefficient (Wildman–Crippen LogP) is 3.79. The summed E-state index contributed by atoms with van der Waals surface area (Å²) in [6, 6.07) is 11.3. The summed E-state index contributed by atoms with van der Waals surface area (Å²) >= 11 is 5.01. The Morgan fingerprint density at radius 1 is 1.07 bits per heavy atom. The van der Waals surface area contributed by atoms with Crippen molar-refractivity contribution >= 4 is 33.4 Å². The van der Waals surface area contributed by atoms with Crippen molar-refractivity contribution in [2.24, 2.45) is 5.10 Å². The summed E-state index contributed by atoms with van der Waals surface area (Å²) in [5.74, 6) is 1.86. The van der Waals surface area contributed by atoms with E-state index in [9.17, 15) is 5.11 Å². The highest BCUT2D eigenvalue weighted by molar-refractivity contribution is 9.10. The van der Waals surface area contributed by atoms with E-state index < -0.39 is 0 Å². The van der Waals surface area contributed by atoms with Gasteiger partial charge in [0.15, 0.2) is 17.3 Å². The molecule has 27 heavy (non-hydrogen) atoms. The third-order valence-corrected chi connectivity index (χ3v) is 5.52. The number of phenolic OH excluding ortho intramolecular Hbond substituents is 1. The first kappa shape index (κ1) is 17.9. The van der Waals surface area contributed by atoms with Gasteiger partial charge in [-0.1, -0.05) is 39.8 Å². The average molecular weight is 447 g/mol. The lowest BCUT2D eigenvalue weighted by molar-refractivity contribution is 0.333. The van der Waals surface area contributed by atoms with Gasteiger partial charge in [0.25, 0.3) is 0 Å². The standard InChI is InChI=1S/C18H15BrN4O3S/c1-25-15-8-11(7-14(24)16(15)26-2)17-20-21-18-23(17)22-13(9-27-18)10-3-5-12(19)6-4-10/h3-8,24H,9H2,1-2H3. The summed E-state index contributed by atoms with van der Waals surface area (Å²) in [6.45, 7) is 0. The summed E-state index contributed by atoms with van der Waals surface area (Å²) in [7, 11) is 2.99. The van der Waals surface area contributed by atoms with Crippen LogP contribution < -0.4 is 9.47 Å². The van der Waals surface area contributed by atoms with Crippen molar-refractivity contribution in [1.29, 1.82) is 0 Å². The minimum atomic E-state index is -0.0372. The molecule has 0 bridgehead atoms. The molecule has 3 aromatic rings. The number of hydrogen-bond acceptors (Lipinski definition) is 7. The highest BCUT2D eigenvalue weighted by atomic mass is 79.9. The molecule has 9 heteroatoms. The number of rotatable bonds is 4. The number of aromatic nitrogens is 3. The molecule has 0 saturated heterocycles. The van der Waals surface area contributed by atoms with Gasteiger partial charge in [-0.3, -0.25) is 0 Å². The minimum Gasteiger partial charge on any atom is -0.504 e. The van der Waals surface area contributed by atoms with E-state index in [1.54, 1.807) is 28.6 Å². The first-order valence-electron chi connectivity index (χ1n) is 7.98. The number of benzene rings is 2. The Hall–Kier alpha value is -2.52. The maximum Gasteiger partial charge on any atom is 0.212 e. The van der Waals surface area contributed by atoms with Gasteiger partial charge in [0.2, 0.25) is 10.9 Å². The number of methoxy groups -OCH3 is 2. The average Bonchev–Trinajstić information content (AvgIpc) is 3.11. The van der Waals surface area contributed by atoms with Crippen molar-refractivity contribution < 1.29 is 14.6 Å². The number of nitrogens with zero attached hydrogens (tertiary/aromatic N) is 4. The molecule has 138 valence electrons. The van der Waals surface area contributed by atoms with Crippen LogP contribution in [0.2, 0.25) is 0 Å². The number of thioether (sulfide) groups is 1. The van der Waals surface area contributed by atoms with Crippen molar-refractivity contribution in [2.75, 3.05) is 20.0 Å². The quantitative estimate of drug-likeness (QED) is 0.656. The van der Waals surface area contributed by atoms with Gasteiger partial charge >= 0.3 is 0 Å². The Morgan fingerprint density at radius 3 is 2.56 bits per heavy atom. The fourth-order valence-electron chi connectivity index (χ4n) is 2.76. The lowest BCUT2D eigenvalue weighted by atomic mass is 10.1. The van der Waals surface area contributed by atoms with E-state index in [2.05, 4.69) is 26.1 Å². The second-order valence-electron chi connectivity index (χ2n) is 5.69. The smallest absolute Gasteiger partial charge is 0.212 e. The number of ether oxygens (including phenoxy) is 2. The van der Waals surface area contributed by atoms with Crippen LogP contribution in [-0.4, -0.2) is 45.7 Å². The third kappa shape index (κ3) is 3.28. The molecule has 4 rings (SSSR count). The van der Waals surface area contributed by atoms with E-state index in [-0.39, 0.29) is 11.5 Å². The fraction of sp³-hybridized carbons (Fsp3) is 0.167. The second-order valence-corrected chi connectivity index (χ2v) is 7.55. The monoisotopic (exact) mass is 446 g/mol. The number of halogens is 1. The molecule has 2 aromatic carbocycles. The Bertz CT molecular complexity index is 1030. The van der Waals surface area contributed by atoms with E-state index in [1.807, 2.05) is 24.3 Å². The molecular weight excluding hydrogens is 432 g/mol. The Kier molecular flexibility index (Phi) is 4.79. The lowest BCUT2D eigenvalue weighted by Crippen LogP contribution is -2.13. The van der Waals surface area contributed by atoms with Crippen LogP contribution in [0, 0.1) is 0 Å². The molecule has 1 aliphatic heterocycles. The molecule has 1 aliphatic rings. The Labute approximate surface area is 168 Å². The summed E-state index contributed by atoms with van der Waals surface area (Å²) in [4.78, 5) is 0. The van der Waals surface area contributed by atoms with Crippen molar-refractivity contribution in [3.05, 3.63) is 46.4 Å². The van der Waals surface area contributed by atoms with Crippen LogP contribution in [0.1, 0.15) is 5.56 Å². The second kappa shape index (κ2) is 7.24. The summed E-state index contributed by atoms with van der Waals surface area (Å²) in [6.07, 6.45) is 0. The SMILES string of the molecule is COc1cc(-c2nnc3n2N=C(c2ccc(Br)cc2)CS3)cc(O)c1OC. The zero-order valence-electron chi connectivity index (χ0n) is 14.5. The van der Waals surface area contributed by atoms with E-state index >= 15 is 0 Å². The van der Waals surface area contributed by atoms with Crippen LogP contribution in [-0.2, 0) is 0 Å². The third-order valence-electron chi connectivity index (χ3n) is 4.07. The van der Waals surface area contributed by atoms with Crippen molar-refractivity contribution in [2.45, 2.75) is 5.16 Å². The Balaban J connectivity index is 1.80. The van der Waals surface area contributed by atoms with Gasteiger partial charge in [-0.15, -0.1) is 10.2 Å².